The number of rotatable bonds is 2. The number of nitrogens with zero attached hydrogens (tertiary/aromatic N) is 1. The summed E-state index contributed by atoms with van der Waals surface area (Å²) in [6.07, 6.45) is 1.47. The van der Waals surface area contributed by atoms with E-state index >= 15 is 0 Å². The summed E-state index contributed by atoms with van der Waals surface area (Å²) in [5, 5.41) is 0. The molecule has 3 heteroatoms. The van der Waals surface area contributed by atoms with Gasteiger partial charge in [-0.25, -0.2) is 0 Å². The summed E-state index contributed by atoms with van der Waals surface area (Å²) in [5.74, 6) is 0. The first-order valence-corrected chi connectivity index (χ1v) is 12.0. The molecule has 1 aliphatic heterocycles. The van der Waals surface area contributed by atoms with Gasteiger partial charge < -0.3 is 4.57 Å². The third kappa shape index (κ3) is 2.00. The molecule has 12 heavy (non-hydrogen) atoms. The summed E-state index contributed by atoms with van der Waals surface area (Å²) in [5.41, 5.74) is 0.990. The Bertz CT molecular complexity index is 146. The van der Waals surface area contributed by atoms with Crippen molar-refractivity contribution in [1.29, 1.82) is 0 Å². The van der Waals surface area contributed by atoms with Gasteiger partial charge in [0.25, 0.3) is 0 Å². The lowest BCUT2D eigenvalue weighted by molar-refractivity contribution is 0.253. The molecule has 0 N–H and O–H groups in total. The average Bonchev–Trinajstić information content (AvgIpc) is 1.46. The maximum atomic E-state index is 2.82. The minimum Gasteiger partial charge on any atom is -0.324 e. The second-order valence-corrected chi connectivity index (χ2v) is 16.3. The van der Waals surface area contributed by atoms with Crippen molar-refractivity contribution < 1.29 is 0 Å². The molecule has 1 heterocycles. The molecule has 1 atom stereocenters. The quantitative estimate of drug-likeness (QED) is 0.621. The van der Waals surface area contributed by atoms with Gasteiger partial charge >= 0.3 is 0 Å². The van der Waals surface area contributed by atoms with Crippen molar-refractivity contribution in [3.8, 4) is 0 Å². The predicted octanol–water partition coefficient (Wildman–Crippen LogP) is 2.77. The molecule has 0 aromatic carbocycles. The van der Waals surface area contributed by atoms with E-state index in [1.54, 1.807) is 0 Å². The molecule has 0 saturated carbocycles. The van der Waals surface area contributed by atoms with E-state index in [2.05, 4.69) is 43.8 Å². The Morgan fingerprint density at radius 1 is 1.00 bits per heavy atom. The van der Waals surface area contributed by atoms with Gasteiger partial charge in [-0.1, -0.05) is 39.3 Å². The van der Waals surface area contributed by atoms with E-state index in [4.69, 9.17) is 0 Å². The molecule has 1 fully saturated rings. The van der Waals surface area contributed by atoms with Crippen LogP contribution in [0.3, 0.4) is 0 Å². The first-order valence-electron chi connectivity index (χ1n) is 4.99. The van der Waals surface area contributed by atoms with Crippen LogP contribution in [-0.2, 0) is 0 Å². The fraction of sp³-hybridized carbons (Fsp3) is 1.00. The Morgan fingerprint density at radius 3 is 1.58 bits per heavy atom. The highest BCUT2D eigenvalue weighted by atomic mass is 28.3. The molecule has 0 spiro atoms. The zero-order chi connectivity index (χ0) is 9.57. The third-order valence-electron chi connectivity index (χ3n) is 2.88. The lowest BCUT2D eigenvalue weighted by Crippen LogP contribution is -2.67. The van der Waals surface area contributed by atoms with Gasteiger partial charge in [-0.3, -0.25) is 0 Å². The highest BCUT2D eigenvalue weighted by Crippen LogP contribution is 2.31. The van der Waals surface area contributed by atoms with Crippen molar-refractivity contribution in [3.63, 3.8) is 0 Å². The van der Waals surface area contributed by atoms with Gasteiger partial charge in [0.2, 0.25) is 0 Å². The standard InChI is InChI=1S/C9H23NSi2/c1-11(2,3)9-7-8-10(9)12(4,5)6/h9H,7-8H2,1-6H3. The molecule has 0 radical (unpaired) electrons. The summed E-state index contributed by atoms with van der Waals surface area (Å²) in [6, 6.07) is 0. The fourth-order valence-electron chi connectivity index (χ4n) is 2.09. The molecule has 0 aromatic rings. The van der Waals surface area contributed by atoms with Crippen molar-refractivity contribution in [1.82, 2.24) is 4.57 Å². The Balaban J connectivity index is 2.62. The van der Waals surface area contributed by atoms with Crippen LogP contribution in [0.4, 0.5) is 0 Å². The lowest BCUT2D eigenvalue weighted by Gasteiger charge is -2.54. The average molecular weight is 201 g/mol. The van der Waals surface area contributed by atoms with Crippen molar-refractivity contribution in [3.05, 3.63) is 0 Å². The summed E-state index contributed by atoms with van der Waals surface area (Å²) < 4.78 is 2.82. The zero-order valence-corrected chi connectivity index (χ0v) is 11.4. The van der Waals surface area contributed by atoms with E-state index in [0.29, 0.717) is 0 Å². The highest BCUT2D eigenvalue weighted by Gasteiger charge is 2.43. The van der Waals surface area contributed by atoms with Crippen LogP contribution in [0, 0.1) is 0 Å². The molecule has 1 aliphatic rings. The third-order valence-corrected chi connectivity index (χ3v) is 8.00. The molecule has 0 amide bonds. The summed E-state index contributed by atoms with van der Waals surface area (Å²) in [6.45, 7) is 16.3. The van der Waals surface area contributed by atoms with Crippen LogP contribution >= 0.6 is 0 Å². The van der Waals surface area contributed by atoms with Gasteiger partial charge in [0, 0.05) is 0 Å². The van der Waals surface area contributed by atoms with E-state index in [-0.39, 0.29) is 0 Å². The highest BCUT2D eigenvalue weighted by molar-refractivity contribution is 6.81. The maximum absolute atomic E-state index is 2.82. The second-order valence-electron chi connectivity index (χ2n) is 6.03. The largest absolute Gasteiger partial charge is 0.324 e. The molecule has 0 aromatic heterocycles. The van der Waals surface area contributed by atoms with Gasteiger partial charge in [0.05, 0.1) is 8.07 Å². The molecule has 0 aliphatic carbocycles. The SMILES string of the molecule is C[Si](C)(C)C1CCN1[Si](C)(C)C. The van der Waals surface area contributed by atoms with Crippen LogP contribution in [0.25, 0.3) is 0 Å². The first-order chi connectivity index (χ1) is 5.23. The maximum Gasteiger partial charge on any atom is 0.119 e. The van der Waals surface area contributed by atoms with Crippen molar-refractivity contribution >= 4 is 16.3 Å². The minimum atomic E-state index is -0.979. The number of hydrogen-bond donors (Lipinski definition) is 0. The van der Waals surface area contributed by atoms with Gasteiger partial charge in [0.15, 0.2) is 0 Å². The zero-order valence-electron chi connectivity index (χ0n) is 9.44. The predicted molar refractivity (Wildman–Crippen MR) is 61.8 cm³/mol. The van der Waals surface area contributed by atoms with Gasteiger partial charge in [-0.15, -0.1) is 0 Å². The van der Waals surface area contributed by atoms with Crippen molar-refractivity contribution in [2.75, 3.05) is 6.54 Å². The smallest absolute Gasteiger partial charge is 0.119 e. The monoisotopic (exact) mass is 201 g/mol. The van der Waals surface area contributed by atoms with Crippen molar-refractivity contribution in [2.24, 2.45) is 0 Å². The normalized spacial score (nSPS) is 27.0. The minimum absolute atomic E-state index is 0.886. The molecule has 72 valence electrons. The molecular weight excluding hydrogens is 178 g/mol. The van der Waals surface area contributed by atoms with Crippen LogP contribution in [-0.4, -0.2) is 33.1 Å². The topological polar surface area (TPSA) is 3.24 Å². The molecule has 1 nitrogen and oxygen atoms in total. The molecule has 0 bridgehead atoms. The number of hydrogen-bond acceptors (Lipinski definition) is 1. The Morgan fingerprint density at radius 2 is 1.50 bits per heavy atom. The Kier molecular flexibility index (Phi) is 2.58. The molecule has 1 rings (SSSR count). The van der Waals surface area contributed by atoms with Gasteiger partial charge in [0.1, 0.15) is 8.24 Å². The fourth-order valence-corrected chi connectivity index (χ4v) is 8.34. The van der Waals surface area contributed by atoms with E-state index in [1.807, 2.05) is 0 Å². The van der Waals surface area contributed by atoms with E-state index < -0.39 is 16.3 Å². The van der Waals surface area contributed by atoms with Crippen LogP contribution in [0.2, 0.25) is 39.3 Å². The van der Waals surface area contributed by atoms with Crippen LogP contribution in [0.5, 0.6) is 0 Å². The lowest BCUT2D eigenvalue weighted by atomic mass is 10.3. The molecular formula is C9H23NSi2. The van der Waals surface area contributed by atoms with Crippen LogP contribution < -0.4 is 0 Å². The van der Waals surface area contributed by atoms with E-state index in [0.717, 1.165) is 5.67 Å². The Hall–Kier alpha value is 0.394. The van der Waals surface area contributed by atoms with Gasteiger partial charge in [-0.2, -0.15) is 0 Å². The van der Waals surface area contributed by atoms with E-state index in [1.165, 1.54) is 13.0 Å². The van der Waals surface area contributed by atoms with Crippen LogP contribution in [0.15, 0.2) is 0 Å². The van der Waals surface area contributed by atoms with E-state index in [9.17, 15) is 0 Å². The van der Waals surface area contributed by atoms with Crippen LogP contribution in [0.1, 0.15) is 6.42 Å². The summed E-state index contributed by atoms with van der Waals surface area (Å²) in [4.78, 5) is 0. The summed E-state index contributed by atoms with van der Waals surface area (Å²) >= 11 is 0. The van der Waals surface area contributed by atoms with Gasteiger partial charge in [-0.05, 0) is 18.6 Å². The molecule has 1 saturated heterocycles. The Labute approximate surface area is 79.3 Å². The summed E-state index contributed by atoms with van der Waals surface area (Å²) in [7, 11) is -1.86. The van der Waals surface area contributed by atoms with Crippen molar-refractivity contribution in [2.45, 2.75) is 51.4 Å². The first kappa shape index (κ1) is 10.5. The molecule has 1 unspecified atom stereocenters. The second kappa shape index (κ2) is 2.96.